The lowest BCUT2D eigenvalue weighted by Crippen LogP contribution is -2.36. The van der Waals surface area contributed by atoms with E-state index in [1.54, 1.807) is 0 Å². The molecule has 1 rings (SSSR count). The van der Waals surface area contributed by atoms with Crippen molar-refractivity contribution in [2.45, 2.75) is 38.3 Å². The van der Waals surface area contributed by atoms with Crippen LogP contribution >= 0.6 is 0 Å². The Kier molecular flexibility index (Phi) is 4.63. The average molecular weight is 193 g/mol. The van der Waals surface area contributed by atoms with Crippen LogP contribution in [-0.4, -0.2) is 17.3 Å². The van der Waals surface area contributed by atoms with Crippen molar-refractivity contribution in [3.05, 3.63) is 35.9 Å². The van der Waals surface area contributed by atoms with E-state index in [-0.39, 0.29) is 12.1 Å². The third-order valence-corrected chi connectivity index (χ3v) is 2.39. The highest BCUT2D eigenvalue weighted by atomic mass is 16.3. The second kappa shape index (κ2) is 5.78. The van der Waals surface area contributed by atoms with Gasteiger partial charge in [0.2, 0.25) is 0 Å². The van der Waals surface area contributed by atoms with E-state index >= 15 is 0 Å². The van der Waals surface area contributed by atoms with Gasteiger partial charge in [-0.25, -0.2) is 0 Å². The van der Waals surface area contributed by atoms with Crippen LogP contribution in [0, 0.1) is 0 Å². The minimum Gasteiger partial charge on any atom is -0.392 e. The molecule has 0 aliphatic rings. The first kappa shape index (κ1) is 11.2. The van der Waals surface area contributed by atoms with Crippen LogP contribution in [0.2, 0.25) is 0 Å². The van der Waals surface area contributed by atoms with Crippen molar-refractivity contribution in [3.63, 3.8) is 0 Å². The van der Waals surface area contributed by atoms with E-state index in [1.165, 1.54) is 5.56 Å². The van der Waals surface area contributed by atoms with Crippen molar-refractivity contribution < 1.29 is 5.11 Å². The van der Waals surface area contributed by atoms with Crippen molar-refractivity contribution in [1.29, 1.82) is 0 Å². The van der Waals surface area contributed by atoms with E-state index in [2.05, 4.69) is 6.92 Å². The normalized spacial score (nSPS) is 15.1. The van der Waals surface area contributed by atoms with Crippen LogP contribution in [0.15, 0.2) is 30.3 Å². The summed E-state index contributed by atoms with van der Waals surface area (Å²) < 4.78 is 0. The van der Waals surface area contributed by atoms with Crippen LogP contribution in [-0.2, 0) is 6.42 Å². The lowest BCUT2D eigenvalue weighted by Gasteiger charge is -2.18. The number of nitrogens with two attached hydrogens (primary N) is 1. The molecule has 14 heavy (non-hydrogen) atoms. The Morgan fingerprint density at radius 2 is 1.93 bits per heavy atom. The molecule has 0 saturated carbocycles. The van der Waals surface area contributed by atoms with Gasteiger partial charge < -0.3 is 10.8 Å². The summed E-state index contributed by atoms with van der Waals surface area (Å²) in [6.07, 6.45) is 2.14. The lowest BCUT2D eigenvalue weighted by atomic mass is 9.99. The van der Waals surface area contributed by atoms with Crippen molar-refractivity contribution >= 4 is 0 Å². The molecule has 2 nitrogen and oxygen atoms in total. The number of hydrogen-bond acceptors (Lipinski definition) is 2. The standard InChI is InChI=1S/C12H19NO/c1-2-6-12(14)11(13)9-10-7-4-3-5-8-10/h3-5,7-8,11-12,14H,2,6,9,13H2,1H3. The van der Waals surface area contributed by atoms with Gasteiger partial charge in [0.15, 0.2) is 0 Å². The second-order valence-electron chi connectivity index (χ2n) is 3.71. The van der Waals surface area contributed by atoms with Crippen LogP contribution in [0.25, 0.3) is 0 Å². The minimum absolute atomic E-state index is 0.141. The zero-order chi connectivity index (χ0) is 10.4. The van der Waals surface area contributed by atoms with Gasteiger partial charge in [-0.2, -0.15) is 0 Å². The highest BCUT2D eigenvalue weighted by Gasteiger charge is 2.13. The average Bonchev–Trinajstić information content (AvgIpc) is 2.19. The van der Waals surface area contributed by atoms with Gasteiger partial charge in [-0.1, -0.05) is 43.7 Å². The third kappa shape index (κ3) is 3.48. The smallest absolute Gasteiger partial charge is 0.0694 e. The predicted molar refractivity (Wildman–Crippen MR) is 59.0 cm³/mol. The van der Waals surface area contributed by atoms with Gasteiger partial charge in [0.25, 0.3) is 0 Å². The summed E-state index contributed by atoms with van der Waals surface area (Å²) in [6, 6.07) is 9.91. The lowest BCUT2D eigenvalue weighted by molar-refractivity contribution is 0.134. The maximum atomic E-state index is 9.65. The number of benzene rings is 1. The van der Waals surface area contributed by atoms with Crippen molar-refractivity contribution in [2.75, 3.05) is 0 Å². The molecule has 0 bridgehead atoms. The molecule has 2 atom stereocenters. The molecule has 0 radical (unpaired) electrons. The Morgan fingerprint density at radius 1 is 1.29 bits per heavy atom. The molecule has 1 aromatic rings. The van der Waals surface area contributed by atoms with Gasteiger partial charge in [0.1, 0.15) is 0 Å². The van der Waals surface area contributed by atoms with Gasteiger partial charge in [-0.15, -0.1) is 0 Å². The van der Waals surface area contributed by atoms with Gasteiger partial charge in [-0.3, -0.25) is 0 Å². The largest absolute Gasteiger partial charge is 0.392 e. The van der Waals surface area contributed by atoms with Gasteiger partial charge >= 0.3 is 0 Å². The van der Waals surface area contributed by atoms with Crippen LogP contribution < -0.4 is 5.73 Å². The summed E-state index contributed by atoms with van der Waals surface area (Å²) in [7, 11) is 0. The summed E-state index contributed by atoms with van der Waals surface area (Å²) in [6.45, 7) is 2.05. The topological polar surface area (TPSA) is 46.2 Å². The Balaban J connectivity index is 2.44. The highest BCUT2D eigenvalue weighted by molar-refractivity contribution is 5.16. The maximum Gasteiger partial charge on any atom is 0.0694 e. The summed E-state index contributed by atoms with van der Waals surface area (Å²) in [4.78, 5) is 0. The third-order valence-electron chi connectivity index (χ3n) is 2.39. The van der Waals surface area contributed by atoms with E-state index in [0.29, 0.717) is 0 Å². The number of aliphatic hydroxyl groups is 1. The maximum absolute atomic E-state index is 9.65. The second-order valence-corrected chi connectivity index (χ2v) is 3.71. The summed E-state index contributed by atoms with van der Waals surface area (Å²) in [5, 5.41) is 9.65. The Bertz CT molecular complexity index is 248. The summed E-state index contributed by atoms with van der Waals surface area (Å²) in [5.74, 6) is 0. The van der Waals surface area contributed by atoms with E-state index in [4.69, 9.17) is 5.73 Å². The number of aliphatic hydroxyl groups excluding tert-OH is 1. The molecule has 0 aliphatic carbocycles. The zero-order valence-electron chi connectivity index (χ0n) is 8.69. The van der Waals surface area contributed by atoms with Gasteiger partial charge in [-0.05, 0) is 18.4 Å². The first-order valence-electron chi connectivity index (χ1n) is 5.21. The van der Waals surface area contributed by atoms with Crippen molar-refractivity contribution in [3.8, 4) is 0 Å². The molecule has 1 aromatic carbocycles. The SMILES string of the molecule is CCCC(O)C(N)Cc1ccccc1. The van der Waals surface area contributed by atoms with Crippen molar-refractivity contribution in [1.82, 2.24) is 0 Å². The molecule has 3 N–H and O–H groups in total. The zero-order valence-corrected chi connectivity index (χ0v) is 8.69. The van der Waals surface area contributed by atoms with Crippen LogP contribution in [0.4, 0.5) is 0 Å². The minimum atomic E-state index is -0.375. The van der Waals surface area contributed by atoms with E-state index in [0.717, 1.165) is 19.3 Å². The van der Waals surface area contributed by atoms with Gasteiger partial charge in [0.05, 0.1) is 6.10 Å². The fourth-order valence-corrected chi connectivity index (χ4v) is 1.53. The fourth-order valence-electron chi connectivity index (χ4n) is 1.53. The van der Waals surface area contributed by atoms with E-state index < -0.39 is 0 Å². The molecule has 0 amide bonds. The fraction of sp³-hybridized carbons (Fsp3) is 0.500. The molecule has 78 valence electrons. The highest BCUT2D eigenvalue weighted by Crippen LogP contribution is 2.07. The van der Waals surface area contributed by atoms with Crippen molar-refractivity contribution in [2.24, 2.45) is 5.73 Å². The number of rotatable bonds is 5. The monoisotopic (exact) mass is 193 g/mol. The predicted octanol–water partition coefficient (Wildman–Crippen LogP) is 1.72. The molecular formula is C12H19NO. The molecular weight excluding hydrogens is 174 g/mol. The van der Waals surface area contributed by atoms with Gasteiger partial charge in [0, 0.05) is 6.04 Å². The molecule has 0 aromatic heterocycles. The van der Waals surface area contributed by atoms with Crippen LogP contribution in [0.5, 0.6) is 0 Å². The Morgan fingerprint density at radius 3 is 2.50 bits per heavy atom. The quantitative estimate of drug-likeness (QED) is 0.748. The van der Waals surface area contributed by atoms with E-state index in [1.807, 2.05) is 30.3 Å². The Hall–Kier alpha value is -0.860. The summed E-state index contributed by atoms with van der Waals surface area (Å²) in [5.41, 5.74) is 7.08. The van der Waals surface area contributed by atoms with Crippen LogP contribution in [0.3, 0.4) is 0 Å². The molecule has 2 heteroatoms. The molecule has 0 aliphatic heterocycles. The molecule has 2 unspecified atom stereocenters. The first-order valence-corrected chi connectivity index (χ1v) is 5.21. The number of hydrogen-bond donors (Lipinski definition) is 2. The first-order chi connectivity index (χ1) is 6.74. The summed E-state index contributed by atoms with van der Waals surface area (Å²) >= 11 is 0. The molecule has 0 saturated heterocycles. The van der Waals surface area contributed by atoms with Crippen LogP contribution in [0.1, 0.15) is 25.3 Å². The Labute approximate surface area is 85.8 Å². The molecule has 0 fully saturated rings. The van der Waals surface area contributed by atoms with E-state index in [9.17, 15) is 5.11 Å². The molecule has 0 heterocycles. The molecule has 0 spiro atoms.